The van der Waals surface area contributed by atoms with Crippen LogP contribution in [0, 0.1) is 5.82 Å². The Bertz CT molecular complexity index is 370. The van der Waals surface area contributed by atoms with E-state index < -0.39 is 5.60 Å². The summed E-state index contributed by atoms with van der Waals surface area (Å²) in [5.41, 5.74) is -0.382. The van der Waals surface area contributed by atoms with E-state index in [1.807, 2.05) is 13.8 Å². The second-order valence-corrected chi connectivity index (χ2v) is 3.77. The Morgan fingerprint density at radius 2 is 1.88 bits per heavy atom. The summed E-state index contributed by atoms with van der Waals surface area (Å²) in [5.74, 6) is -0.709. The van der Waals surface area contributed by atoms with Gasteiger partial charge in [-0.2, -0.15) is 0 Å². The summed E-state index contributed by atoms with van der Waals surface area (Å²) < 4.78 is 19.0. The van der Waals surface area contributed by atoms with Crippen molar-refractivity contribution in [1.29, 1.82) is 0 Å². The van der Waals surface area contributed by atoms with Gasteiger partial charge >= 0.3 is 5.97 Å². The van der Waals surface area contributed by atoms with E-state index in [9.17, 15) is 9.18 Å². The number of hydrogen-bond donors (Lipinski definition) is 0. The molecule has 3 heteroatoms. The molecular formula is C13H17FO2. The van der Waals surface area contributed by atoms with Crippen LogP contribution in [0.2, 0.25) is 0 Å². The Morgan fingerprint density at radius 1 is 1.31 bits per heavy atom. The predicted octanol–water partition coefficient (Wildman–Crippen LogP) is 3.40. The molecule has 16 heavy (non-hydrogen) atoms. The van der Waals surface area contributed by atoms with E-state index in [1.165, 1.54) is 13.0 Å². The molecule has 0 N–H and O–H groups in total. The van der Waals surface area contributed by atoms with Gasteiger partial charge in [-0.25, -0.2) is 4.39 Å². The van der Waals surface area contributed by atoms with Gasteiger partial charge in [0.1, 0.15) is 11.4 Å². The van der Waals surface area contributed by atoms with Crippen molar-refractivity contribution in [2.75, 3.05) is 0 Å². The van der Waals surface area contributed by atoms with Gasteiger partial charge in [-0.3, -0.25) is 4.79 Å². The van der Waals surface area contributed by atoms with Crippen molar-refractivity contribution in [1.82, 2.24) is 0 Å². The maximum Gasteiger partial charge on any atom is 0.303 e. The van der Waals surface area contributed by atoms with Crippen molar-refractivity contribution in [3.8, 4) is 0 Å². The first-order valence-electron chi connectivity index (χ1n) is 5.50. The van der Waals surface area contributed by atoms with Gasteiger partial charge < -0.3 is 4.74 Å². The molecule has 0 spiro atoms. The van der Waals surface area contributed by atoms with Crippen LogP contribution >= 0.6 is 0 Å². The minimum atomic E-state index is -0.836. The molecule has 0 fully saturated rings. The van der Waals surface area contributed by atoms with E-state index >= 15 is 0 Å². The summed E-state index contributed by atoms with van der Waals surface area (Å²) >= 11 is 0. The second kappa shape index (κ2) is 5.10. The van der Waals surface area contributed by atoms with E-state index in [4.69, 9.17) is 4.74 Å². The number of ether oxygens (including phenoxy) is 1. The van der Waals surface area contributed by atoms with Crippen molar-refractivity contribution in [2.24, 2.45) is 0 Å². The first-order valence-corrected chi connectivity index (χ1v) is 5.50. The Morgan fingerprint density at radius 3 is 2.31 bits per heavy atom. The molecule has 1 aromatic carbocycles. The fraction of sp³-hybridized carbons (Fsp3) is 0.462. The van der Waals surface area contributed by atoms with Crippen molar-refractivity contribution in [2.45, 2.75) is 39.2 Å². The average molecular weight is 224 g/mol. The summed E-state index contributed by atoms with van der Waals surface area (Å²) in [6.45, 7) is 5.12. The Hall–Kier alpha value is -1.38. The van der Waals surface area contributed by atoms with Gasteiger partial charge in [0.2, 0.25) is 0 Å². The van der Waals surface area contributed by atoms with Crippen LogP contribution in [0.15, 0.2) is 24.3 Å². The summed E-state index contributed by atoms with van der Waals surface area (Å²) in [7, 11) is 0. The fourth-order valence-corrected chi connectivity index (χ4v) is 1.94. The molecule has 0 atom stereocenters. The topological polar surface area (TPSA) is 26.3 Å². The quantitative estimate of drug-likeness (QED) is 0.733. The molecule has 2 nitrogen and oxygen atoms in total. The lowest BCUT2D eigenvalue weighted by atomic mass is 9.88. The van der Waals surface area contributed by atoms with Crippen LogP contribution in [0.4, 0.5) is 4.39 Å². The Kier molecular flexibility index (Phi) is 4.05. The molecule has 0 bridgehead atoms. The number of rotatable bonds is 4. The highest BCUT2D eigenvalue weighted by Crippen LogP contribution is 2.34. The van der Waals surface area contributed by atoms with E-state index in [2.05, 4.69) is 0 Å². The maximum absolute atomic E-state index is 13.7. The van der Waals surface area contributed by atoms with Gasteiger partial charge in [0.15, 0.2) is 0 Å². The lowest BCUT2D eigenvalue weighted by molar-refractivity contribution is -0.159. The monoisotopic (exact) mass is 224 g/mol. The molecule has 0 saturated carbocycles. The van der Waals surface area contributed by atoms with Crippen LogP contribution in [-0.2, 0) is 15.1 Å². The molecule has 0 aliphatic rings. The summed E-state index contributed by atoms with van der Waals surface area (Å²) in [6, 6.07) is 6.44. The van der Waals surface area contributed by atoms with Gasteiger partial charge in [-0.05, 0) is 18.9 Å². The molecule has 0 saturated heterocycles. The van der Waals surface area contributed by atoms with Crippen LogP contribution in [0.1, 0.15) is 39.2 Å². The number of hydrogen-bond acceptors (Lipinski definition) is 2. The molecule has 0 aromatic heterocycles. The molecule has 0 radical (unpaired) electrons. The number of halogens is 1. The van der Waals surface area contributed by atoms with Gasteiger partial charge in [-0.15, -0.1) is 0 Å². The second-order valence-electron chi connectivity index (χ2n) is 3.77. The van der Waals surface area contributed by atoms with E-state index in [1.54, 1.807) is 18.2 Å². The average Bonchev–Trinajstić information content (AvgIpc) is 2.26. The zero-order valence-electron chi connectivity index (χ0n) is 9.92. The molecule has 0 amide bonds. The molecular weight excluding hydrogens is 207 g/mol. The standard InChI is InChI=1S/C13H17FO2/c1-4-13(5-2,16-10(3)15)11-8-6-7-9-12(11)14/h6-9H,4-5H2,1-3H3. The van der Waals surface area contributed by atoms with Crippen molar-refractivity contribution in [3.05, 3.63) is 35.6 Å². The zero-order chi connectivity index (χ0) is 12.2. The van der Waals surface area contributed by atoms with Crippen molar-refractivity contribution < 1.29 is 13.9 Å². The van der Waals surface area contributed by atoms with Crippen LogP contribution in [0.3, 0.4) is 0 Å². The van der Waals surface area contributed by atoms with Crippen LogP contribution in [-0.4, -0.2) is 5.97 Å². The molecule has 0 aliphatic heterocycles. The van der Waals surface area contributed by atoms with Crippen LogP contribution in [0.25, 0.3) is 0 Å². The molecule has 0 heterocycles. The minimum absolute atomic E-state index is 0.326. The van der Waals surface area contributed by atoms with Crippen LogP contribution < -0.4 is 0 Å². The largest absolute Gasteiger partial charge is 0.454 e. The normalized spacial score (nSPS) is 11.2. The molecule has 1 rings (SSSR count). The summed E-state index contributed by atoms with van der Waals surface area (Å²) in [5, 5.41) is 0. The predicted molar refractivity (Wildman–Crippen MR) is 60.4 cm³/mol. The highest BCUT2D eigenvalue weighted by molar-refractivity contribution is 5.66. The van der Waals surface area contributed by atoms with Gasteiger partial charge in [0.05, 0.1) is 0 Å². The number of esters is 1. The van der Waals surface area contributed by atoms with Crippen molar-refractivity contribution >= 4 is 5.97 Å². The van der Waals surface area contributed by atoms with E-state index in [0.717, 1.165) is 0 Å². The molecule has 1 aromatic rings. The third-order valence-electron chi connectivity index (χ3n) is 2.85. The minimum Gasteiger partial charge on any atom is -0.454 e. The lowest BCUT2D eigenvalue weighted by Crippen LogP contribution is -2.31. The van der Waals surface area contributed by atoms with Gasteiger partial charge in [-0.1, -0.05) is 32.0 Å². The Balaban J connectivity index is 3.20. The number of carbonyl (C=O) groups excluding carboxylic acids is 1. The third kappa shape index (κ3) is 2.40. The first kappa shape index (κ1) is 12.7. The van der Waals surface area contributed by atoms with E-state index in [0.29, 0.717) is 18.4 Å². The molecule has 88 valence electrons. The molecule has 0 aliphatic carbocycles. The summed E-state index contributed by atoms with van der Waals surface area (Å²) in [6.07, 6.45) is 1.12. The third-order valence-corrected chi connectivity index (χ3v) is 2.85. The Labute approximate surface area is 95.4 Å². The van der Waals surface area contributed by atoms with Gasteiger partial charge in [0.25, 0.3) is 0 Å². The first-order chi connectivity index (χ1) is 7.55. The van der Waals surface area contributed by atoms with Gasteiger partial charge in [0, 0.05) is 12.5 Å². The SMILES string of the molecule is CCC(CC)(OC(C)=O)c1ccccc1F. The summed E-state index contributed by atoms with van der Waals surface area (Å²) in [4.78, 5) is 11.1. The number of benzene rings is 1. The van der Waals surface area contributed by atoms with Crippen LogP contribution in [0.5, 0.6) is 0 Å². The lowest BCUT2D eigenvalue weighted by Gasteiger charge is -2.31. The highest BCUT2D eigenvalue weighted by Gasteiger charge is 2.34. The van der Waals surface area contributed by atoms with Crippen molar-refractivity contribution in [3.63, 3.8) is 0 Å². The maximum atomic E-state index is 13.7. The highest BCUT2D eigenvalue weighted by atomic mass is 19.1. The fourth-order valence-electron chi connectivity index (χ4n) is 1.94. The molecule has 0 unspecified atom stereocenters. The smallest absolute Gasteiger partial charge is 0.303 e. The number of carbonyl (C=O) groups is 1. The van der Waals surface area contributed by atoms with E-state index in [-0.39, 0.29) is 11.8 Å². The zero-order valence-corrected chi connectivity index (χ0v) is 9.92.